The largest absolute Gasteiger partial charge is 0.454 e. The third kappa shape index (κ3) is 2.47. The summed E-state index contributed by atoms with van der Waals surface area (Å²) >= 11 is 0. The van der Waals surface area contributed by atoms with Crippen LogP contribution in [0, 0.1) is 6.92 Å². The summed E-state index contributed by atoms with van der Waals surface area (Å²) in [4.78, 5) is 0.210. The first-order valence-corrected chi connectivity index (χ1v) is 7.73. The van der Waals surface area contributed by atoms with E-state index in [0.717, 1.165) is 0 Å². The zero-order valence-corrected chi connectivity index (χ0v) is 12.1. The highest BCUT2D eigenvalue weighted by molar-refractivity contribution is 7.92. The number of fused-ring (bicyclic) bond motifs is 1. The fraction of sp³-hybridized carbons (Fsp3) is 0.143. The topological polar surface area (TPSA) is 90.7 Å². The highest BCUT2D eigenvalue weighted by atomic mass is 32.2. The number of benzene rings is 2. The van der Waals surface area contributed by atoms with Gasteiger partial charge in [0.2, 0.25) is 6.79 Å². The molecule has 0 atom stereocenters. The lowest BCUT2D eigenvalue weighted by atomic mass is 10.2. The first kappa shape index (κ1) is 13.6. The van der Waals surface area contributed by atoms with Crippen LogP contribution in [-0.2, 0) is 10.0 Å². The molecule has 2 aromatic rings. The van der Waals surface area contributed by atoms with E-state index in [1.54, 1.807) is 31.2 Å². The van der Waals surface area contributed by atoms with Crippen molar-refractivity contribution in [2.75, 3.05) is 17.2 Å². The van der Waals surface area contributed by atoms with Crippen molar-refractivity contribution in [2.24, 2.45) is 0 Å². The number of sulfonamides is 1. The Bertz CT molecular complexity index is 803. The molecule has 3 rings (SSSR count). The molecule has 6 nitrogen and oxygen atoms in total. The number of aryl methyl sites for hydroxylation is 1. The maximum Gasteiger partial charge on any atom is 0.262 e. The summed E-state index contributed by atoms with van der Waals surface area (Å²) in [6.07, 6.45) is 0. The average molecular weight is 306 g/mol. The van der Waals surface area contributed by atoms with Crippen LogP contribution in [0.25, 0.3) is 0 Å². The molecule has 0 saturated carbocycles. The van der Waals surface area contributed by atoms with E-state index in [0.29, 0.717) is 17.1 Å². The number of nitrogens with one attached hydrogen (secondary N) is 1. The molecule has 110 valence electrons. The van der Waals surface area contributed by atoms with Gasteiger partial charge in [-0.3, -0.25) is 4.72 Å². The highest BCUT2D eigenvalue weighted by Crippen LogP contribution is 2.39. The first-order valence-electron chi connectivity index (χ1n) is 6.25. The van der Waals surface area contributed by atoms with Crippen molar-refractivity contribution in [1.82, 2.24) is 0 Å². The maximum absolute atomic E-state index is 12.4. The Balaban J connectivity index is 1.99. The summed E-state index contributed by atoms with van der Waals surface area (Å²) in [5.41, 5.74) is 7.05. The van der Waals surface area contributed by atoms with Gasteiger partial charge in [-0.1, -0.05) is 18.2 Å². The van der Waals surface area contributed by atoms with E-state index < -0.39 is 10.0 Å². The molecule has 21 heavy (non-hydrogen) atoms. The predicted octanol–water partition coefficient (Wildman–Crippen LogP) is 2.11. The fourth-order valence-corrected chi connectivity index (χ4v) is 3.43. The van der Waals surface area contributed by atoms with E-state index in [9.17, 15) is 8.42 Å². The van der Waals surface area contributed by atoms with E-state index in [4.69, 9.17) is 15.2 Å². The summed E-state index contributed by atoms with van der Waals surface area (Å²) in [5.74, 6) is 0.970. The molecule has 0 aromatic heterocycles. The van der Waals surface area contributed by atoms with Crippen LogP contribution in [0.2, 0.25) is 0 Å². The predicted molar refractivity (Wildman–Crippen MR) is 79.0 cm³/mol. The molecule has 0 saturated heterocycles. The van der Waals surface area contributed by atoms with Gasteiger partial charge < -0.3 is 15.2 Å². The second kappa shape index (κ2) is 4.85. The van der Waals surface area contributed by atoms with Gasteiger partial charge in [-0.25, -0.2) is 8.42 Å². The lowest BCUT2D eigenvalue weighted by Crippen LogP contribution is -2.15. The first-order chi connectivity index (χ1) is 9.97. The minimum absolute atomic E-state index is 0.1000. The van der Waals surface area contributed by atoms with Crippen molar-refractivity contribution >= 4 is 21.4 Å². The Labute approximate surface area is 122 Å². The van der Waals surface area contributed by atoms with Crippen LogP contribution in [0.1, 0.15) is 5.56 Å². The Morgan fingerprint density at radius 3 is 2.52 bits per heavy atom. The highest BCUT2D eigenvalue weighted by Gasteiger charge is 2.21. The van der Waals surface area contributed by atoms with Gasteiger partial charge in [0.25, 0.3) is 10.0 Å². The monoisotopic (exact) mass is 306 g/mol. The van der Waals surface area contributed by atoms with Gasteiger partial charge >= 0.3 is 0 Å². The normalized spacial score (nSPS) is 13.2. The van der Waals surface area contributed by atoms with Crippen LogP contribution in [0.3, 0.4) is 0 Å². The number of rotatable bonds is 3. The van der Waals surface area contributed by atoms with E-state index in [2.05, 4.69) is 4.72 Å². The van der Waals surface area contributed by atoms with Crippen LogP contribution >= 0.6 is 0 Å². The standard InChI is InChI=1S/C14H14N2O4S/c1-9-4-2-3-5-14(9)21(17,18)16-11-7-13-12(6-10(11)15)19-8-20-13/h2-7,16H,8,15H2,1H3. The second-order valence-corrected chi connectivity index (χ2v) is 6.31. The number of hydrogen-bond acceptors (Lipinski definition) is 5. The number of nitrogen functional groups attached to an aromatic ring is 1. The Kier molecular flexibility index (Phi) is 3.13. The van der Waals surface area contributed by atoms with Gasteiger partial charge in [0.05, 0.1) is 16.3 Å². The SMILES string of the molecule is Cc1ccccc1S(=O)(=O)Nc1cc2c(cc1N)OCO2. The van der Waals surface area contributed by atoms with Gasteiger partial charge in [-0.05, 0) is 18.6 Å². The second-order valence-electron chi connectivity index (χ2n) is 4.66. The maximum atomic E-state index is 12.4. The molecule has 0 spiro atoms. The molecule has 0 radical (unpaired) electrons. The molecule has 7 heteroatoms. The van der Waals surface area contributed by atoms with Crippen LogP contribution in [-0.4, -0.2) is 15.2 Å². The third-order valence-corrected chi connectivity index (χ3v) is 4.70. The zero-order chi connectivity index (χ0) is 15.0. The van der Waals surface area contributed by atoms with Gasteiger partial charge in [0.15, 0.2) is 11.5 Å². The van der Waals surface area contributed by atoms with Gasteiger partial charge in [-0.15, -0.1) is 0 Å². The van der Waals surface area contributed by atoms with Crippen molar-refractivity contribution < 1.29 is 17.9 Å². The molecule has 3 N–H and O–H groups in total. The molecule has 0 aliphatic carbocycles. The molecule has 1 aliphatic heterocycles. The lowest BCUT2D eigenvalue weighted by molar-refractivity contribution is 0.174. The molecule has 0 unspecified atom stereocenters. The Morgan fingerprint density at radius 1 is 1.14 bits per heavy atom. The molecular formula is C14H14N2O4S. The number of ether oxygens (including phenoxy) is 2. The molecular weight excluding hydrogens is 292 g/mol. The number of nitrogens with two attached hydrogens (primary N) is 1. The molecule has 1 heterocycles. The number of hydrogen-bond donors (Lipinski definition) is 2. The van der Waals surface area contributed by atoms with E-state index in [-0.39, 0.29) is 23.1 Å². The minimum Gasteiger partial charge on any atom is -0.454 e. The van der Waals surface area contributed by atoms with Crippen molar-refractivity contribution in [3.63, 3.8) is 0 Å². The van der Waals surface area contributed by atoms with Crippen LogP contribution in [0.15, 0.2) is 41.3 Å². The van der Waals surface area contributed by atoms with Crippen LogP contribution in [0.5, 0.6) is 11.5 Å². The molecule has 2 aromatic carbocycles. The molecule has 0 amide bonds. The summed E-state index contributed by atoms with van der Waals surface area (Å²) in [6, 6.07) is 9.79. The summed E-state index contributed by atoms with van der Waals surface area (Å²) < 4.78 is 37.8. The smallest absolute Gasteiger partial charge is 0.262 e. The van der Waals surface area contributed by atoms with Crippen molar-refractivity contribution in [1.29, 1.82) is 0 Å². The van der Waals surface area contributed by atoms with Crippen molar-refractivity contribution in [3.8, 4) is 11.5 Å². The van der Waals surface area contributed by atoms with Crippen molar-refractivity contribution in [3.05, 3.63) is 42.0 Å². The fourth-order valence-electron chi connectivity index (χ4n) is 2.10. The number of anilines is 2. The van der Waals surface area contributed by atoms with E-state index in [1.165, 1.54) is 12.1 Å². The summed E-state index contributed by atoms with van der Waals surface area (Å²) in [7, 11) is -3.71. The third-order valence-electron chi connectivity index (χ3n) is 3.17. The average Bonchev–Trinajstić information content (AvgIpc) is 2.86. The summed E-state index contributed by atoms with van der Waals surface area (Å²) in [6.45, 7) is 1.83. The van der Waals surface area contributed by atoms with E-state index in [1.807, 2.05) is 0 Å². The van der Waals surface area contributed by atoms with Crippen molar-refractivity contribution in [2.45, 2.75) is 11.8 Å². The van der Waals surface area contributed by atoms with Crippen LogP contribution < -0.4 is 19.9 Å². The Morgan fingerprint density at radius 2 is 1.81 bits per heavy atom. The zero-order valence-electron chi connectivity index (χ0n) is 11.3. The Hall–Kier alpha value is -2.41. The van der Waals surface area contributed by atoms with E-state index >= 15 is 0 Å². The molecule has 0 bridgehead atoms. The van der Waals surface area contributed by atoms with Gasteiger partial charge in [0.1, 0.15) is 0 Å². The van der Waals surface area contributed by atoms with Gasteiger partial charge in [-0.2, -0.15) is 0 Å². The lowest BCUT2D eigenvalue weighted by Gasteiger charge is -2.12. The molecule has 0 fully saturated rings. The summed E-state index contributed by atoms with van der Waals surface area (Å²) in [5, 5.41) is 0. The van der Waals surface area contributed by atoms with Gasteiger partial charge in [0, 0.05) is 12.1 Å². The quantitative estimate of drug-likeness (QED) is 0.848. The van der Waals surface area contributed by atoms with Crippen LogP contribution in [0.4, 0.5) is 11.4 Å². The molecule has 1 aliphatic rings. The minimum atomic E-state index is -3.71.